The highest BCUT2D eigenvalue weighted by atomic mass is 16.3. The SMILES string of the molecule is O=NNCCN1CCCC1. The first-order valence-corrected chi connectivity index (χ1v) is 3.71. The van der Waals surface area contributed by atoms with Crippen molar-refractivity contribution < 1.29 is 0 Å². The van der Waals surface area contributed by atoms with E-state index in [9.17, 15) is 4.91 Å². The third kappa shape index (κ3) is 2.31. The Morgan fingerprint density at radius 1 is 1.40 bits per heavy atom. The van der Waals surface area contributed by atoms with Gasteiger partial charge in [0.25, 0.3) is 0 Å². The molecule has 1 aliphatic rings. The van der Waals surface area contributed by atoms with Crippen LogP contribution in [0.3, 0.4) is 0 Å². The van der Waals surface area contributed by atoms with Crippen LogP contribution in [0.5, 0.6) is 0 Å². The van der Waals surface area contributed by atoms with Crippen LogP contribution in [-0.4, -0.2) is 31.1 Å². The molecule has 0 radical (unpaired) electrons. The molecule has 1 aliphatic heterocycles. The highest BCUT2D eigenvalue weighted by Crippen LogP contribution is 2.05. The van der Waals surface area contributed by atoms with E-state index in [0.29, 0.717) is 6.54 Å². The Morgan fingerprint density at radius 2 is 2.10 bits per heavy atom. The smallest absolute Gasteiger partial charge is 0.0496 e. The Labute approximate surface area is 60.5 Å². The van der Waals surface area contributed by atoms with Gasteiger partial charge < -0.3 is 4.90 Å². The predicted octanol–water partition coefficient (Wildman–Crippen LogP) is 0.353. The van der Waals surface area contributed by atoms with Gasteiger partial charge in [0, 0.05) is 18.4 Å². The van der Waals surface area contributed by atoms with Crippen LogP contribution in [0.1, 0.15) is 12.8 Å². The van der Waals surface area contributed by atoms with Crippen LogP contribution < -0.4 is 5.43 Å². The number of nitrogens with zero attached hydrogens (tertiary/aromatic N) is 2. The topological polar surface area (TPSA) is 44.7 Å². The fourth-order valence-corrected chi connectivity index (χ4v) is 1.26. The summed E-state index contributed by atoms with van der Waals surface area (Å²) in [5, 5.41) is 2.57. The van der Waals surface area contributed by atoms with E-state index in [1.165, 1.54) is 25.9 Å². The monoisotopic (exact) mass is 143 g/mol. The van der Waals surface area contributed by atoms with Gasteiger partial charge in [-0.25, -0.2) is 0 Å². The van der Waals surface area contributed by atoms with E-state index in [4.69, 9.17) is 0 Å². The number of hydrogen-bond acceptors (Lipinski definition) is 3. The van der Waals surface area contributed by atoms with Crippen molar-refractivity contribution in [2.45, 2.75) is 12.8 Å². The summed E-state index contributed by atoms with van der Waals surface area (Å²) in [7, 11) is 0. The minimum Gasteiger partial charge on any atom is -0.302 e. The summed E-state index contributed by atoms with van der Waals surface area (Å²) in [6.07, 6.45) is 2.60. The quantitative estimate of drug-likeness (QED) is 0.351. The van der Waals surface area contributed by atoms with Gasteiger partial charge in [-0.3, -0.25) is 5.43 Å². The molecule has 1 fully saturated rings. The zero-order valence-electron chi connectivity index (χ0n) is 6.05. The van der Waals surface area contributed by atoms with Gasteiger partial charge in [0.15, 0.2) is 0 Å². The van der Waals surface area contributed by atoms with E-state index < -0.39 is 0 Å². The van der Waals surface area contributed by atoms with Crippen molar-refractivity contribution in [3.63, 3.8) is 0 Å². The molecule has 0 aromatic rings. The van der Waals surface area contributed by atoms with Crippen molar-refractivity contribution in [3.8, 4) is 0 Å². The number of likely N-dealkylation sites (tertiary alicyclic amines) is 1. The molecule has 0 spiro atoms. The summed E-state index contributed by atoms with van der Waals surface area (Å²) in [5.41, 5.74) is 2.40. The average molecular weight is 143 g/mol. The maximum Gasteiger partial charge on any atom is 0.0496 e. The van der Waals surface area contributed by atoms with Crippen LogP contribution >= 0.6 is 0 Å². The van der Waals surface area contributed by atoms with Gasteiger partial charge in [-0.1, -0.05) is 0 Å². The molecule has 0 aromatic heterocycles. The van der Waals surface area contributed by atoms with Gasteiger partial charge >= 0.3 is 0 Å². The second-order valence-electron chi connectivity index (χ2n) is 2.55. The van der Waals surface area contributed by atoms with Crippen LogP contribution in [0.15, 0.2) is 5.29 Å². The Balaban J connectivity index is 1.96. The Hall–Kier alpha value is -0.640. The van der Waals surface area contributed by atoms with Crippen molar-refractivity contribution >= 4 is 0 Å². The summed E-state index contributed by atoms with van der Waals surface area (Å²) < 4.78 is 0. The third-order valence-electron chi connectivity index (χ3n) is 1.80. The molecule has 58 valence electrons. The second-order valence-corrected chi connectivity index (χ2v) is 2.55. The van der Waals surface area contributed by atoms with Gasteiger partial charge in [-0.15, -0.1) is 4.91 Å². The van der Waals surface area contributed by atoms with Crippen molar-refractivity contribution in [2.24, 2.45) is 5.29 Å². The lowest BCUT2D eigenvalue weighted by Gasteiger charge is -2.12. The lowest BCUT2D eigenvalue weighted by molar-refractivity contribution is 0.337. The molecular formula is C6H13N3O. The first kappa shape index (κ1) is 7.47. The lowest BCUT2D eigenvalue weighted by Crippen LogP contribution is -2.27. The zero-order chi connectivity index (χ0) is 7.23. The first-order chi connectivity index (χ1) is 4.93. The van der Waals surface area contributed by atoms with Crippen LogP contribution in [-0.2, 0) is 0 Å². The summed E-state index contributed by atoms with van der Waals surface area (Å²) in [4.78, 5) is 11.9. The van der Waals surface area contributed by atoms with Gasteiger partial charge in [0.2, 0.25) is 0 Å². The minimum atomic E-state index is 0.684. The molecule has 1 saturated heterocycles. The molecule has 4 nitrogen and oxygen atoms in total. The summed E-state index contributed by atoms with van der Waals surface area (Å²) in [5.74, 6) is 0. The van der Waals surface area contributed by atoms with Crippen LogP contribution in [0, 0.1) is 4.91 Å². The first-order valence-electron chi connectivity index (χ1n) is 3.71. The molecule has 1 N–H and O–H groups in total. The number of rotatable bonds is 4. The van der Waals surface area contributed by atoms with E-state index in [1.54, 1.807) is 0 Å². The molecular weight excluding hydrogens is 130 g/mol. The second kappa shape index (κ2) is 4.22. The minimum absolute atomic E-state index is 0.684. The van der Waals surface area contributed by atoms with Crippen molar-refractivity contribution in [3.05, 3.63) is 4.91 Å². The molecule has 4 heteroatoms. The van der Waals surface area contributed by atoms with E-state index >= 15 is 0 Å². The Morgan fingerprint density at radius 3 is 2.70 bits per heavy atom. The van der Waals surface area contributed by atoms with Gasteiger partial charge in [-0.05, 0) is 25.9 Å². The van der Waals surface area contributed by atoms with E-state index in [1.807, 2.05) is 0 Å². The Bertz CT molecular complexity index is 101. The molecule has 0 atom stereocenters. The Kier molecular flexibility index (Phi) is 3.15. The normalized spacial score (nSPS) is 19.2. The molecule has 1 heterocycles. The number of hydrogen-bond donors (Lipinski definition) is 1. The maximum atomic E-state index is 9.60. The van der Waals surface area contributed by atoms with E-state index in [0.717, 1.165) is 6.54 Å². The van der Waals surface area contributed by atoms with Crippen LogP contribution in [0.25, 0.3) is 0 Å². The fourth-order valence-electron chi connectivity index (χ4n) is 1.26. The molecule has 0 amide bonds. The molecule has 10 heavy (non-hydrogen) atoms. The number of nitrogens with one attached hydrogen (secondary N) is 1. The molecule has 0 aromatic carbocycles. The predicted molar refractivity (Wildman–Crippen MR) is 39.5 cm³/mol. The molecule has 0 aliphatic carbocycles. The lowest BCUT2D eigenvalue weighted by atomic mass is 10.4. The maximum absolute atomic E-state index is 9.60. The zero-order valence-corrected chi connectivity index (χ0v) is 6.05. The summed E-state index contributed by atoms with van der Waals surface area (Å²) in [6, 6.07) is 0. The molecule has 0 unspecified atom stereocenters. The standard InChI is InChI=1S/C6H13N3O/c10-8-7-3-6-9-4-1-2-5-9/h1-6H2,(H,7,10). The summed E-state index contributed by atoms with van der Waals surface area (Å²) >= 11 is 0. The van der Waals surface area contributed by atoms with Crippen molar-refractivity contribution in [2.75, 3.05) is 26.2 Å². The third-order valence-corrected chi connectivity index (χ3v) is 1.80. The fraction of sp³-hybridized carbons (Fsp3) is 1.00. The molecule has 0 saturated carbocycles. The summed E-state index contributed by atoms with van der Waals surface area (Å²) in [6.45, 7) is 4.00. The average Bonchev–Trinajstić information content (AvgIpc) is 2.41. The van der Waals surface area contributed by atoms with Gasteiger partial charge in [0.05, 0.1) is 0 Å². The molecule has 0 bridgehead atoms. The molecule has 1 rings (SSSR count). The highest BCUT2D eigenvalue weighted by molar-refractivity contribution is 4.65. The van der Waals surface area contributed by atoms with Crippen molar-refractivity contribution in [1.29, 1.82) is 0 Å². The largest absolute Gasteiger partial charge is 0.302 e. The van der Waals surface area contributed by atoms with E-state index in [2.05, 4.69) is 15.6 Å². The van der Waals surface area contributed by atoms with E-state index in [-0.39, 0.29) is 0 Å². The van der Waals surface area contributed by atoms with Crippen LogP contribution in [0.2, 0.25) is 0 Å². The van der Waals surface area contributed by atoms with Gasteiger partial charge in [0.1, 0.15) is 0 Å². The number of nitroso groups, excluding NO2 is 1. The van der Waals surface area contributed by atoms with Crippen LogP contribution in [0.4, 0.5) is 0 Å². The van der Waals surface area contributed by atoms with Crippen molar-refractivity contribution in [1.82, 2.24) is 10.3 Å². The highest BCUT2D eigenvalue weighted by Gasteiger charge is 2.09. The van der Waals surface area contributed by atoms with Gasteiger partial charge in [-0.2, -0.15) is 0 Å².